The first-order chi connectivity index (χ1) is 33.9. The summed E-state index contributed by atoms with van der Waals surface area (Å²) in [5.41, 5.74) is 14.3. The quantitative estimate of drug-likeness (QED) is 0.126. The molecule has 332 valence electrons. The fraction of sp³-hybridized carbons (Fsp3) is 0.0769. The molecule has 1 nitrogen and oxygen atoms in total. The van der Waals surface area contributed by atoms with Crippen molar-refractivity contribution in [3.63, 3.8) is 0 Å². The summed E-state index contributed by atoms with van der Waals surface area (Å²) in [7, 11) is -1.48. The van der Waals surface area contributed by atoms with Crippen LogP contribution in [0.5, 0.6) is 0 Å². The Morgan fingerprint density at radius 2 is 0.957 bits per heavy atom. The molecule has 4 heteroatoms. The van der Waals surface area contributed by atoms with Gasteiger partial charge in [0, 0.05) is 47.5 Å². The molecule has 0 N–H and O–H groups in total. The van der Waals surface area contributed by atoms with E-state index in [-0.39, 0.29) is 0 Å². The van der Waals surface area contributed by atoms with Crippen LogP contribution >= 0.6 is 26.8 Å². The number of benzene rings is 9. The van der Waals surface area contributed by atoms with Crippen LogP contribution in [0.1, 0.15) is 50.7 Å². The van der Waals surface area contributed by atoms with Crippen LogP contribution in [0.25, 0.3) is 65.9 Å². The minimum atomic E-state index is -0.782. The highest BCUT2D eigenvalue weighted by molar-refractivity contribution is 7.99. The highest BCUT2D eigenvalue weighted by Crippen LogP contribution is 2.58. The molecule has 0 fully saturated rings. The van der Waals surface area contributed by atoms with Gasteiger partial charge in [0.15, 0.2) is 0 Å². The fourth-order valence-corrected chi connectivity index (χ4v) is 17.0. The largest absolute Gasteiger partial charge is 0.310 e. The van der Waals surface area contributed by atoms with Gasteiger partial charge in [0.1, 0.15) is 0 Å². The highest BCUT2D eigenvalue weighted by Gasteiger charge is 2.23. The lowest BCUT2D eigenvalue weighted by Crippen LogP contribution is -2.09. The van der Waals surface area contributed by atoms with E-state index in [9.17, 15) is 0 Å². The van der Waals surface area contributed by atoms with Gasteiger partial charge in [-0.1, -0.05) is 196 Å². The molecule has 12 rings (SSSR count). The van der Waals surface area contributed by atoms with Crippen LogP contribution in [0.4, 0.5) is 17.1 Å². The van der Waals surface area contributed by atoms with E-state index in [2.05, 4.69) is 256 Å². The predicted molar refractivity (Wildman–Crippen MR) is 305 cm³/mol. The van der Waals surface area contributed by atoms with E-state index in [1.165, 1.54) is 107 Å². The lowest BCUT2D eigenvalue weighted by atomic mass is 9.91. The van der Waals surface area contributed by atoms with Crippen molar-refractivity contribution < 1.29 is 0 Å². The van der Waals surface area contributed by atoms with Crippen LogP contribution in [0, 0.1) is 20.8 Å². The highest BCUT2D eigenvalue weighted by atomic mass is 32.2. The maximum Gasteiger partial charge on any atom is 0.0471 e. The monoisotopic (exact) mass is 939 g/mol. The van der Waals surface area contributed by atoms with E-state index in [1.807, 2.05) is 11.8 Å². The molecule has 0 spiro atoms. The summed E-state index contributed by atoms with van der Waals surface area (Å²) in [6, 6.07) is 79.2. The SMILES string of the molecule is Cc1cc(C)c(Sc2ccc(C3=Cc4c(c5ccc(C=Cc6ccc7c8ccc(N(c9ccccc9)c9ccccc9)cc8p(-c8ccccc8)c7c6)cc5p4-c4ccccc4)CC3)cc2)c(C)c1. The topological polar surface area (TPSA) is 3.24 Å². The first-order valence-electron chi connectivity index (χ1n) is 23.9. The van der Waals surface area contributed by atoms with Gasteiger partial charge in [-0.05, 0) is 166 Å². The zero-order valence-electron chi connectivity index (χ0n) is 39.1. The average Bonchev–Trinajstić information content (AvgIpc) is 3.89. The Bertz CT molecular complexity index is 3690. The molecule has 2 unspecified atom stereocenters. The molecule has 0 aliphatic heterocycles. The van der Waals surface area contributed by atoms with Crippen molar-refractivity contribution in [1.29, 1.82) is 0 Å². The number of hydrogen-bond acceptors (Lipinski definition) is 2. The fourth-order valence-electron chi connectivity index (χ4n) is 10.6. The molecule has 0 amide bonds. The van der Waals surface area contributed by atoms with Gasteiger partial charge >= 0.3 is 0 Å². The second kappa shape index (κ2) is 18.5. The van der Waals surface area contributed by atoms with Gasteiger partial charge in [-0.15, -0.1) is 0 Å². The Morgan fingerprint density at radius 3 is 1.55 bits per heavy atom. The van der Waals surface area contributed by atoms with Crippen LogP contribution in [-0.4, -0.2) is 0 Å². The molecule has 2 heterocycles. The second-order valence-corrected chi connectivity index (χ2v) is 23.7. The molecule has 69 heavy (non-hydrogen) atoms. The first kappa shape index (κ1) is 43.2. The smallest absolute Gasteiger partial charge is 0.0471 e. The average molecular weight is 940 g/mol. The molecule has 0 bridgehead atoms. The Morgan fingerprint density at radius 1 is 0.449 bits per heavy atom. The van der Waals surface area contributed by atoms with Crippen molar-refractivity contribution in [2.24, 2.45) is 0 Å². The molecular weight excluding hydrogens is 889 g/mol. The summed E-state index contributed by atoms with van der Waals surface area (Å²) in [5.74, 6) is 0. The normalized spacial score (nSPS) is 13.1. The van der Waals surface area contributed by atoms with Gasteiger partial charge in [0.2, 0.25) is 0 Å². The zero-order valence-corrected chi connectivity index (χ0v) is 41.7. The van der Waals surface area contributed by atoms with Crippen molar-refractivity contribution in [2.45, 2.75) is 43.4 Å². The summed E-state index contributed by atoms with van der Waals surface area (Å²) in [6.07, 6.45) is 9.33. The van der Waals surface area contributed by atoms with Crippen LogP contribution in [-0.2, 0) is 6.42 Å². The number of para-hydroxylation sites is 2. The molecule has 0 saturated heterocycles. The number of hydrogen-bond donors (Lipinski definition) is 0. The Kier molecular flexibility index (Phi) is 11.6. The van der Waals surface area contributed by atoms with Gasteiger partial charge < -0.3 is 4.90 Å². The summed E-state index contributed by atoms with van der Waals surface area (Å²) in [4.78, 5) is 5.03. The van der Waals surface area contributed by atoms with Crippen molar-refractivity contribution in [3.8, 4) is 10.6 Å². The molecule has 1 aliphatic carbocycles. The van der Waals surface area contributed by atoms with Gasteiger partial charge in [-0.2, -0.15) is 0 Å². The van der Waals surface area contributed by atoms with Gasteiger partial charge in [0.05, 0.1) is 0 Å². The third-order valence-electron chi connectivity index (χ3n) is 13.7. The van der Waals surface area contributed by atoms with Crippen molar-refractivity contribution >= 4 is 99.2 Å². The Labute approximate surface area is 412 Å². The molecule has 2 aromatic heterocycles. The minimum absolute atomic E-state index is 0.697. The van der Waals surface area contributed by atoms with Crippen LogP contribution < -0.4 is 4.90 Å². The van der Waals surface area contributed by atoms with Gasteiger partial charge in [-0.25, -0.2) is 0 Å². The van der Waals surface area contributed by atoms with Gasteiger partial charge in [0.25, 0.3) is 0 Å². The molecule has 2 atom stereocenters. The number of nitrogens with zero attached hydrogens (tertiary/aromatic N) is 1. The second-order valence-electron chi connectivity index (χ2n) is 18.3. The molecule has 0 radical (unpaired) electrons. The maximum absolute atomic E-state index is 2.56. The molecular formula is C65H51NP2S. The van der Waals surface area contributed by atoms with Gasteiger partial charge in [-0.3, -0.25) is 0 Å². The van der Waals surface area contributed by atoms with Crippen molar-refractivity contribution in [3.05, 3.63) is 257 Å². The number of rotatable bonds is 10. The zero-order chi connectivity index (χ0) is 46.4. The van der Waals surface area contributed by atoms with Crippen molar-refractivity contribution in [1.82, 2.24) is 0 Å². The standard InChI is InChI=1S/C65H51NP2S/c1-44-38-45(2)65(46(3)39-44)69-56-32-28-49(29-33-56)50-30-36-59-57-34-26-47(40-61(57)67(63(59)42-50)54-20-12-6-13-21-54)24-25-48-27-35-58-60-37-31-53(43-64(60)68(62(58)41-48)55-22-14-7-15-23-55)66(51-16-8-4-9-17-51)52-18-10-5-11-19-52/h4-29,31-35,37-43H,30,36H2,1-3H3. The lowest BCUT2D eigenvalue weighted by molar-refractivity contribution is 1.02. The number of aryl methyl sites for hydroxylation is 4. The van der Waals surface area contributed by atoms with Crippen LogP contribution in [0.2, 0.25) is 0 Å². The Hall–Kier alpha value is -7.05. The van der Waals surface area contributed by atoms with E-state index in [0.29, 0.717) is 0 Å². The maximum atomic E-state index is 2.56. The molecule has 9 aromatic carbocycles. The van der Waals surface area contributed by atoms with E-state index in [0.717, 1.165) is 24.2 Å². The van der Waals surface area contributed by atoms with E-state index >= 15 is 0 Å². The third kappa shape index (κ3) is 8.28. The summed E-state index contributed by atoms with van der Waals surface area (Å²) < 4.78 is 0. The molecule has 1 aliphatic rings. The van der Waals surface area contributed by atoms with Crippen LogP contribution in [0.3, 0.4) is 0 Å². The first-order valence-corrected chi connectivity index (χ1v) is 27.4. The summed E-state index contributed by atoms with van der Waals surface area (Å²) in [5, 5.41) is 12.7. The Balaban J connectivity index is 0.908. The molecule has 11 aromatic rings. The van der Waals surface area contributed by atoms with E-state index in [1.54, 1.807) is 0 Å². The number of allylic oxidation sites excluding steroid dienone is 1. The van der Waals surface area contributed by atoms with E-state index in [4.69, 9.17) is 0 Å². The predicted octanol–water partition coefficient (Wildman–Crippen LogP) is 20.3. The van der Waals surface area contributed by atoms with Crippen LogP contribution in [0.15, 0.2) is 222 Å². The summed E-state index contributed by atoms with van der Waals surface area (Å²) >= 11 is 1.88. The lowest BCUT2D eigenvalue weighted by Gasteiger charge is -2.25. The molecule has 0 saturated carbocycles. The third-order valence-corrected chi connectivity index (χ3v) is 20.1. The van der Waals surface area contributed by atoms with E-state index < -0.39 is 15.1 Å². The number of fused-ring (bicyclic) bond motifs is 6. The summed E-state index contributed by atoms with van der Waals surface area (Å²) in [6.45, 7) is 6.65. The number of anilines is 3. The van der Waals surface area contributed by atoms with Crippen molar-refractivity contribution in [2.75, 3.05) is 4.90 Å². The minimum Gasteiger partial charge on any atom is -0.310 e.